The standard InChI is InChI=1S/C6H8FNS/c7-6-5(1-3-8)2-4-9-6/h2,4H,1,3,8H2. The fourth-order valence-corrected chi connectivity index (χ4v) is 1.33. The number of hydrogen-bond donors (Lipinski definition) is 1. The maximum Gasteiger partial charge on any atom is 0.179 e. The van der Waals surface area contributed by atoms with Gasteiger partial charge >= 0.3 is 0 Å². The van der Waals surface area contributed by atoms with Crippen LogP contribution in [-0.2, 0) is 6.42 Å². The van der Waals surface area contributed by atoms with E-state index in [9.17, 15) is 4.39 Å². The molecule has 0 aliphatic heterocycles. The predicted molar refractivity (Wildman–Crippen MR) is 37.0 cm³/mol. The molecule has 0 aliphatic rings. The molecular weight excluding hydrogens is 137 g/mol. The molecule has 0 amide bonds. The minimum atomic E-state index is -0.0968. The summed E-state index contributed by atoms with van der Waals surface area (Å²) in [6.07, 6.45) is 0.648. The summed E-state index contributed by atoms with van der Waals surface area (Å²) in [5.41, 5.74) is 5.96. The van der Waals surface area contributed by atoms with Crippen LogP contribution in [0.4, 0.5) is 4.39 Å². The first-order valence-corrected chi connectivity index (χ1v) is 3.64. The monoisotopic (exact) mass is 145 g/mol. The molecule has 0 atom stereocenters. The summed E-state index contributed by atoms with van der Waals surface area (Å²) >= 11 is 1.12. The van der Waals surface area contributed by atoms with Crippen molar-refractivity contribution in [2.45, 2.75) is 6.42 Å². The molecule has 0 bridgehead atoms. The minimum Gasteiger partial charge on any atom is -0.330 e. The number of halogens is 1. The SMILES string of the molecule is NCCc1ccsc1F. The maximum absolute atomic E-state index is 12.5. The highest BCUT2D eigenvalue weighted by molar-refractivity contribution is 7.08. The third-order valence-corrected chi connectivity index (χ3v) is 1.85. The summed E-state index contributed by atoms with van der Waals surface area (Å²) in [5.74, 6) is 0. The average Bonchev–Trinajstić information content (AvgIpc) is 2.18. The third kappa shape index (κ3) is 1.50. The van der Waals surface area contributed by atoms with Gasteiger partial charge in [0.05, 0.1) is 0 Å². The van der Waals surface area contributed by atoms with Gasteiger partial charge in [-0.3, -0.25) is 0 Å². The molecule has 1 heterocycles. The molecule has 1 aromatic rings. The Morgan fingerprint density at radius 3 is 2.89 bits per heavy atom. The molecular formula is C6H8FNS. The first kappa shape index (κ1) is 6.71. The van der Waals surface area contributed by atoms with E-state index in [2.05, 4.69) is 0 Å². The van der Waals surface area contributed by atoms with Gasteiger partial charge in [-0.05, 0) is 24.4 Å². The van der Waals surface area contributed by atoms with Gasteiger partial charge in [-0.25, -0.2) is 0 Å². The topological polar surface area (TPSA) is 26.0 Å². The largest absolute Gasteiger partial charge is 0.330 e. The van der Waals surface area contributed by atoms with Gasteiger partial charge in [0.1, 0.15) is 0 Å². The lowest BCUT2D eigenvalue weighted by Gasteiger charge is -1.89. The third-order valence-electron chi connectivity index (χ3n) is 1.11. The lowest BCUT2D eigenvalue weighted by molar-refractivity contribution is 0.639. The zero-order valence-corrected chi connectivity index (χ0v) is 5.75. The molecule has 0 spiro atoms. The summed E-state index contributed by atoms with van der Waals surface area (Å²) < 4.78 is 12.5. The highest BCUT2D eigenvalue weighted by Crippen LogP contribution is 2.13. The van der Waals surface area contributed by atoms with Gasteiger partial charge in [0, 0.05) is 5.56 Å². The Morgan fingerprint density at radius 2 is 2.44 bits per heavy atom. The Labute approximate surface area is 57.3 Å². The van der Waals surface area contributed by atoms with Crippen molar-refractivity contribution in [3.63, 3.8) is 0 Å². The van der Waals surface area contributed by atoms with E-state index in [-0.39, 0.29) is 5.13 Å². The lowest BCUT2D eigenvalue weighted by Crippen LogP contribution is -2.02. The van der Waals surface area contributed by atoms with Gasteiger partial charge in [0.2, 0.25) is 0 Å². The molecule has 0 radical (unpaired) electrons. The highest BCUT2D eigenvalue weighted by atomic mass is 32.1. The molecule has 50 valence electrons. The van der Waals surface area contributed by atoms with Crippen LogP contribution in [0.1, 0.15) is 5.56 Å². The second-order valence-electron chi connectivity index (χ2n) is 1.76. The van der Waals surface area contributed by atoms with Crippen molar-refractivity contribution in [1.29, 1.82) is 0 Å². The quantitative estimate of drug-likeness (QED) is 0.668. The van der Waals surface area contributed by atoms with E-state index in [0.29, 0.717) is 13.0 Å². The molecule has 0 fully saturated rings. The van der Waals surface area contributed by atoms with Crippen molar-refractivity contribution in [2.24, 2.45) is 5.73 Å². The first-order chi connectivity index (χ1) is 4.34. The van der Waals surface area contributed by atoms with Crippen LogP contribution in [0, 0.1) is 5.13 Å². The highest BCUT2D eigenvalue weighted by Gasteiger charge is 1.99. The number of thiophene rings is 1. The van der Waals surface area contributed by atoms with E-state index in [1.165, 1.54) is 0 Å². The summed E-state index contributed by atoms with van der Waals surface area (Å²) in [7, 11) is 0. The van der Waals surface area contributed by atoms with Crippen LogP contribution in [0.3, 0.4) is 0 Å². The van der Waals surface area contributed by atoms with Crippen LogP contribution in [-0.4, -0.2) is 6.54 Å². The van der Waals surface area contributed by atoms with Crippen LogP contribution in [0.2, 0.25) is 0 Å². The predicted octanol–water partition coefficient (Wildman–Crippen LogP) is 1.39. The van der Waals surface area contributed by atoms with E-state index in [0.717, 1.165) is 16.9 Å². The van der Waals surface area contributed by atoms with Crippen molar-refractivity contribution in [2.75, 3.05) is 6.54 Å². The van der Waals surface area contributed by atoms with Crippen LogP contribution in [0.25, 0.3) is 0 Å². The Balaban J connectivity index is 2.69. The average molecular weight is 145 g/mol. The van der Waals surface area contributed by atoms with Gasteiger partial charge in [-0.2, -0.15) is 4.39 Å². The second kappa shape index (κ2) is 2.94. The van der Waals surface area contributed by atoms with Crippen LogP contribution < -0.4 is 5.73 Å². The van der Waals surface area contributed by atoms with E-state index in [1.54, 1.807) is 11.4 Å². The summed E-state index contributed by atoms with van der Waals surface area (Å²) in [6.45, 7) is 0.521. The van der Waals surface area contributed by atoms with E-state index >= 15 is 0 Å². The number of rotatable bonds is 2. The van der Waals surface area contributed by atoms with Crippen molar-refractivity contribution in [1.82, 2.24) is 0 Å². The van der Waals surface area contributed by atoms with Crippen molar-refractivity contribution < 1.29 is 4.39 Å². The van der Waals surface area contributed by atoms with Crippen LogP contribution >= 0.6 is 11.3 Å². The maximum atomic E-state index is 12.5. The molecule has 0 aliphatic carbocycles. The molecule has 3 heteroatoms. The van der Waals surface area contributed by atoms with Gasteiger partial charge in [-0.1, -0.05) is 0 Å². The normalized spacial score (nSPS) is 10.0. The fraction of sp³-hybridized carbons (Fsp3) is 0.333. The Hall–Kier alpha value is -0.410. The number of nitrogens with two attached hydrogens (primary N) is 1. The molecule has 2 N–H and O–H groups in total. The van der Waals surface area contributed by atoms with Gasteiger partial charge in [0.15, 0.2) is 5.13 Å². The molecule has 0 aromatic carbocycles. The Bertz CT molecular complexity index is 185. The summed E-state index contributed by atoms with van der Waals surface area (Å²) in [5, 5.41) is 1.64. The van der Waals surface area contributed by atoms with Gasteiger partial charge in [0.25, 0.3) is 0 Å². The van der Waals surface area contributed by atoms with Gasteiger partial charge in [-0.15, -0.1) is 11.3 Å². The molecule has 1 rings (SSSR count). The molecule has 1 aromatic heterocycles. The summed E-state index contributed by atoms with van der Waals surface area (Å²) in [4.78, 5) is 0. The van der Waals surface area contributed by atoms with E-state index in [1.807, 2.05) is 0 Å². The fourth-order valence-electron chi connectivity index (χ4n) is 0.654. The summed E-state index contributed by atoms with van der Waals surface area (Å²) in [6, 6.07) is 1.77. The van der Waals surface area contributed by atoms with Crippen LogP contribution in [0.15, 0.2) is 11.4 Å². The van der Waals surface area contributed by atoms with Crippen LogP contribution in [0.5, 0.6) is 0 Å². The molecule has 0 saturated carbocycles. The van der Waals surface area contributed by atoms with Crippen molar-refractivity contribution in [3.05, 3.63) is 22.1 Å². The number of hydrogen-bond acceptors (Lipinski definition) is 2. The smallest absolute Gasteiger partial charge is 0.179 e. The van der Waals surface area contributed by atoms with E-state index < -0.39 is 0 Å². The Kier molecular flexibility index (Phi) is 2.19. The zero-order valence-electron chi connectivity index (χ0n) is 4.93. The van der Waals surface area contributed by atoms with Crippen molar-refractivity contribution >= 4 is 11.3 Å². The first-order valence-electron chi connectivity index (χ1n) is 2.76. The second-order valence-corrected chi connectivity index (χ2v) is 2.62. The Morgan fingerprint density at radius 1 is 1.67 bits per heavy atom. The van der Waals surface area contributed by atoms with Gasteiger partial charge < -0.3 is 5.73 Å². The van der Waals surface area contributed by atoms with E-state index in [4.69, 9.17) is 5.73 Å². The molecule has 9 heavy (non-hydrogen) atoms. The lowest BCUT2D eigenvalue weighted by atomic mass is 10.2. The van der Waals surface area contributed by atoms with Crippen molar-refractivity contribution in [3.8, 4) is 0 Å². The molecule has 0 unspecified atom stereocenters. The molecule has 1 nitrogen and oxygen atoms in total. The minimum absolute atomic E-state index is 0.0968. The zero-order chi connectivity index (χ0) is 6.69. The molecule has 0 saturated heterocycles.